The van der Waals surface area contributed by atoms with Crippen LogP contribution in [0.15, 0.2) is 150 Å². The van der Waals surface area contributed by atoms with Crippen molar-refractivity contribution in [1.82, 2.24) is 0 Å². The molecule has 5 aromatic rings. The second-order valence-corrected chi connectivity index (χ2v) is 11.4. The molecule has 0 atom stereocenters. The van der Waals surface area contributed by atoms with Gasteiger partial charge in [-0.2, -0.15) is 8.42 Å². The lowest BCUT2D eigenvalue weighted by Gasteiger charge is -2.19. The number of aryl methyl sites for hydroxylation is 1. The number of hydrogen-bond donors (Lipinski definition) is 0. The first-order chi connectivity index (χ1) is 19.9. The van der Waals surface area contributed by atoms with Crippen LogP contribution in [0.1, 0.15) is 39.3 Å². The van der Waals surface area contributed by atoms with Crippen LogP contribution in [0.4, 0.5) is 0 Å². The maximum atomic E-state index is 12.3. The van der Waals surface area contributed by atoms with Gasteiger partial charge in [0.25, 0.3) is 10.1 Å². The number of alkyl halides is 1. The molecule has 4 nitrogen and oxygen atoms in total. The van der Waals surface area contributed by atoms with Crippen molar-refractivity contribution >= 4 is 21.7 Å². The number of ether oxygens (including phenoxy) is 1. The number of halogens is 1. The van der Waals surface area contributed by atoms with Gasteiger partial charge in [0.2, 0.25) is 0 Å². The SMILES string of the molecule is Cc1ccc(S(=O)(=O)OCCOC(c2ccccc2)c2ccccc2)cc1.ClC(c1ccccc1)c1ccccc1. The Balaban J connectivity index is 0.000000231. The normalized spacial score (nSPS) is 11.2. The highest BCUT2D eigenvalue weighted by Gasteiger charge is 2.17. The van der Waals surface area contributed by atoms with Gasteiger partial charge in [-0.1, -0.05) is 139 Å². The number of benzene rings is 5. The van der Waals surface area contributed by atoms with E-state index in [1.54, 1.807) is 24.3 Å². The van der Waals surface area contributed by atoms with Crippen molar-refractivity contribution in [2.45, 2.75) is 23.3 Å². The molecule has 0 amide bonds. The van der Waals surface area contributed by atoms with Crippen LogP contribution in [0, 0.1) is 6.92 Å². The Kier molecular flexibility index (Phi) is 11.3. The summed E-state index contributed by atoms with van der Waals surface area (Å²) >= 11 is 6.33. The van der Waals surface area contributed by atoms with Crippen molar-refractivity contribution in [3.8, 4) is 0 Å². The van der Waals surface area contributed by atoms with Gasteiger partial charge in [-0.15, -0.1) is 11.6 Å². The van der Waals surface area contributed by atoms with Crippen LogP contribution in [-0.2, 0) is 19.0 Å². The van der Waals surface area contributed by atoms with E-state index in [1.807, 2.05) is 128 Å². The second-order valence-electron chi connectivity index (χ2n) is 9.35. The Labute approximate surface area is 248 Å². The molecular weight excluding hydrogens is 552 g/mol. The van der Waals surface area contributed by atoms with Crippen LogP contribution in [0.3, 0.4) is 0 Å². The monoisotopic (exact) mass is 584 g/mol. The molecule has 0 heterocycles. The van der Waals surface area contributed by atoms with Crippen LogP contribution < -0.4 is 0 Å². The molecule has 0 aliphatic heterocycles. The zero-order valence-corrected chi connectivity index (χ0v) is 24.4. The summed E-state index contributed by atoms with van der Waals surface area (Å²) in [6.45, 7) is 2.00. The van der Waals surface area contributed by atoms with Crippen LogP contribution in [0.2, 0.25) is 0 Å². The Hall–Kier alpha value is -3.74. The summed E-state index contributed by atoms with van der Waals surface area (Å²) in [5.74, 6) is 0. The Morgan fingerprint density at radius 2 is 0.951 bits per heavy atom. The predicted octanol–water partition coefficient (Wildman–Crippen LogP) is 8.52. The maximum absolute atomic E-state index is 12.3. The molecule has 0 radical (unpaired) electrons. The first-order valence-corrected chi connectivity index (χ1v) is 15.2. The van der Waals surface area contributed by atoms with Crippen LogP contribution in [-0.4, -0.2) is 21.6 Å². The summed E-state index contributed by atoms with van der Waals surface area (Å²) in [7, 11) is -3.78. The molecule has 0 aromatic heterocycles. The smallest absolute Gasteiger partial charge is 0.297 e. The fourth-order valence-electron chi connectivity index (χ4n) is 4.16. The summed E-state index contributed by atoms with van der Waals surface area (Å²) in [5.41, 5.74) is 5.28. The fraction of sp³-hybridized carbons (Fsp3) is 0.143. The van der Waals surface area contributed by atoms with Crippen molar-refractivity contribution in [2.24, 2.45) is 0 Å². The predicted molar refractivity (Wildman–Crippen MR) is 166 cm³/mol. The van der Waals surface area contributed by atoms with E-state index in [0.717, 1.165) is 27.8 Å². The summed E-state index contributed by atoms with van der Waals surface area (Å²) in [6.07, 6.45) is -0.280. The van der Waals surface area contributed by atoms with E-state index in [4.69, 9.17) is 20.5 Å². The number of rotatable bonds is 10. The summed E-state index contributed by atoms with van der Waals surface area (Å²) < 4.78 is 35.6. The molecule has 5 aromatic carbocycles. The number of hydrogen-bond acceptors (Lipinski definition) is 4. The molecule has 41 heavy (non-hydrogen) atoms. The maximum Gasteiger partial charge on any atom is 0.297 e. The highest BCUT2D eigenvalue weighted by Crippen LogP contribution is 2.28. The molecule has 0 unspecified atom stereocenters. The van der Waals surface area contributed by atoms with E-state index < -0.39 is 10.1 Å². The van der Waals surface area contributed by atoms with E-state index >= 15 is 0 Å². The molecule has 0 aliphatic rings. The average Bonchev–Trinajstić information content (AvgIpc) is 3.03. The van der Waals surface area contributed by atoms with Crippen LogP contribution >= 0.6 is 11.6 Å². The quantitative estimate of drug-likeness (QED) is 0.0937. The third-order valence-electron chi connectivity index (χ3n) is 6.31. The van der Waals surface area contributed by atoms with Crippen molar-refractivity contribution < 1.29 is 17.3 Å². The molecule has 210 valence electrons. The lowest BCUT2D eigenvalue weighted by Crippen LogP contribution is -2.14. The molecule has 0 aliphatic carbocycles. The molecule has 0 saturated heterocycles. The van der Waals surface area contributed by atoms with Crippen LogP contribution in [0.5, 0.6) is 0 Å². The molecular formula is C35H33ClO4S. The summed E-state index contributed by atoms with van der Waals surface area (Å²) in [5, 5.41) is -0.0441. The highest BCUT2D eigenvalue weighted by atomic mass is 35.5. The van der Waals surface area contributed by atoms with Crippen molar-refractivity contribution in [2.75, 3.05) is 13.2 Å². The van der Waals surface area contributed by atoms with E-state index in [9.17, 15) is 8.42 Å². The van der Waals surface area contributed by atoms with Gasteiger partial charge in [-0.25, -0.2) is 0 Å². The molecule has 5 rings (SSSR count). The van der Waals surface area contributed by atoms with E-state index in [-0.39, 0.29) is 29.6 Å². The molecule has 6 heteroatoms. The van der Waals surface area contributed by atoms with Gasteiger partial charge >= 0.3 is 0 Å². The minimum atomic E-state index is -3.78. The molecule has 0 saturated carbocycles. The fourth-order valence-corrected chi connectivity index (χ4v) is 5.34. The van der Waals surface area contributed by atoms with Gasteiger partial charge in [-0.3, -0.25) is 4.18 Å². The summed E-state index contributed by atoms with van der Waals surface area (Å²) in [4.78, 5) is 0.149. The minimum Gasteiger partial charge on any atom is -0.366 e. The van der Waals surface area contributed by atoms with E-state index in [0.29, 0.717) is 0 Å². The van der Waals surface area contributed by atoms with Gasteiger partial charge in [-0.05, 0) is 41.3 Å². The second kappa shape index (κ2) is 15.3. The van der Waals surface area contributed by atoms with Gasteiger partial charge in [0.15, 0.2) is 0 Å². The average molecular weight is 585 g/mol. The Morgan fingerprint density at radius 3 is 1.37 bits per heavy atom. The van der Waals surface area contributed by atoms with E-state index in [2.05, 4.69) is 0 Å². The molecule has 0 spiro atoms. The molecule has 0 fully saturated rings. The first-order valence-electron chi connectivity index (χ1n) is 13.4. The topological polar surface area (TPSA) is 52.6 Å². The van der Waals surface area contributed by atoms with Gasteiger partial charge in [0.05, 0.1) is 23.5 Å². The van der Waals surface area contributed by atoms with Crippen LogP contribution in [0.25, 0.3) is 0 Å². The lowest BCUT2D eigenvalue weighted by atomic mass is 10.0. The van der Waals surface area contributed by atoms with Gasteiger partial charge in [0.1, 0.15) is 6.10 Å². The Morgan fingerprint density at radius 1 is 0.561 bits per heavy atom. The Bertz CT molecular complexity index is 1470. The van der Waals surface area contributed by atoms with Gasteiger partial charge < -0.3 is 4.74 Å². The van der Waals surface area contributed by atoms with Crippen molar-refractivity contribution in [3.05, 3.63) is 173 Å². The van der Waals surface area contributed by atoms with Crippen molar-refractivity contribution in [3.63, 3.8) is 0 Å². The van der Waals surface area contributed by atoms with E-state index in [1.165, 1.54) is 0 Å². The lowest BCUT2D eigenvalue weighted by molar-refractivity contribution is 0.0574. The zero-order chi connectivity index (χ0) is 28.9. The minimum absolute atomic E-state index is 0.0441. The zero-order valence-electron chi connectivity index (χ0n) is 22.8. The summed E-state index contributed by atoms with van der Waals surface area (Å²) in [6, 6.07) is 46.4. The molecule has 0 bridgehead atoms. The highest BCUT2D eigenvalue weighted by molar-refractivity contribution is 7.86. The molecule has 0 N–H and O–H groups in total. The van der Waals surface area contributed by atoms with Gasteiger partial charge in [0, 0.05) is 0 Å². The first kappa shape index (κ1) is 30.2. The standard InChI is InChI=1S/C22H22O4S.C13H11Cl/c1-18-12-14-21(15-13-18)27(23,24)26-17-16-25-22(19-8-4-2-5-9-19)20-10-6-3-7-11-20;14-13(11-7-3-1-4-8-11)12-9-5-2-6-10-12/h2-15,22H,16-17H2,1H3;1-10,13H. The third kappa shape index (κ3) is 9.13. The largest absolute Gasteiger partial charge is 0.366 e. The third-order valence-corrected chi connectivity index (χ3v) is 8.14. The van der Waals surface area contributed by atoms with Crippen molar-refractivity contribution in [1.29, 1.82) is 0 Å².